The van der Waals surface area contributed by atoms with Crippen LogP contribution in [0.4, 0.5) is 0 Å². The van der Waals surface area contributed by atoms with Gasteiger partial charge in [-0.05, 0) is 35.4 Å². The zero-order valence-electron chi connectivity index (χ0n) is 11.8. The summed E-state index contributed by atoms with van der Waals surface area (Å²) in [4.78, 5) is 0. The number of phenols is 2. The minimum atomic E-state index is 0.105. The van der Waals surface area contributed by atoms with Crippen molar-refractivity contribution in [3.63, 3.8) is 0 Å². The van der Waals surface area contributed by atoms with Crippen molar-refractivity contribution in [1.82, 2.24) is 5.32 Å². The highest BCUT2D eigenvalue weighted by Crippen LogP contribution is 2.63. The molecule has 1 aliphatic rings. The molecule has 0 amide bonds. The van der Waals surface area contributed by atoms with E-state index in [0.717, 1.165) is 5.56 Å². The van der Waals surface area contributed by atoms with E-state index in [1.54, 1.807) is 12.1 Å². The molecule has 18 heavy (non-hydrogen) atoms. The minimum Gasteiger partial charge on any atom is -0.508 e. The van der Waals surface area contributed by atoms with E-state index in [1.165, 1.54) is 6.07 Å². The van der Waals surface area contributed by atoms with Crippen LogP contribution >= 0.6 is 0 Å². The first-order valence-corrected chi connectivity index (χ1v) is 6.45. The lowest BCUT2D eigenvalue weighted by Gasteiger charge is -2.16. The van der Waals surface area contributed by atoms with Crippen LogP contribution in [0.2, 0.25) is 0 Å². The van der Waals surface area contributed by atoms with Crippen molar-refractivity contribution < 1.29 is 10.2 Å². The number of hydrogen-bond donors (Lipinski definition) is 3. The summed E-state index contributed by atoms with van der Waals surface area (Å²) in [6.45, 7) is 11.1. The molecule has 100 valence electrons. The van der Waals surface area contributed by atoms with E-state index in [2.05, 4.69) is 39.9 Å². The average Bonchev–Trinajstić information content (AvgIpc) is 2.59. The van der Waals surface area contributed by atoms with Crippen molar-refractivity contribution >= 4 is 0 Å². The van der Waals surface area contributed by atoms with Gasteiger partial charge in [0, 0.05) is 18.2 Å². The van der Waals surface area contributed by atoms with Crippen LogP contribution in [0, 0.1) is 10.8 Å². The molecular weight excluding hydrogens is 226 g/mol. The quantitative estimate of drug-likeness (QED) is 0.771. The number of hydrogen-bond acceptors (Lipinski definition) is 3. The number of nitrogens with one attached hydrogen (secondary N) is 1. The molecule has 3 nitrogen and oxygen atoms in total. The van der Waals surface area contributed by atoms with Crippen LogP contribution in [0.25, 0.3) is 0 Å². The number of benzene rings is 1. The van der Waals surface area contributed by atoms with Gasteiger partial charge in [0.2, 0.25) is 0 Å². The van der Waals surface area contributed by atoms with E-state index < -0.39 is 0 Å². The average molecular weight is 249 g/mol. The molecule has 0 spiro atoms. The van der Waals surface area contributed by atoms with Gasteiger partial charge in [-0.3, -0.25) is 0 Å². The topological polar surface area (TPSA) is 52.5 Å². The van der Waals surface area contributed by atoms with Crippen LogP contribution in [0.3, 0.4) is 0 Å². The second-order valence-electron chi connectivity index (χ2n) is 6.55. The van der Waals surface area contributed by atoms with Crippen molar-refractivity contribution in [2.75, 3.05) is 0 Å². The normalized spacial score (nSPS) is 22.7. The molecule has 1 fully saturated rings. The van der Waals surface area contributed by atoms with Crippen molar-refractivity contribution in [2.24, 2.45) is 10.8 Å². The highest BCUT2D eigenvalue weighted by atomic mass is 16.3. The van der Waals surface area contributed by atoms with Crippen molar-refractivity contribution in [3.8, 4) is 11.5 Å². The second kappa shape index (κ2) is 3.89. The molecule has 2 rings (SSSR count). The summed E-state index contributed by atoms with van der Waals surface area (Å²) in [5, 5.41) is 22.6. The first-order chi connectivity index (χ1) is 8.16. The van der Waals surface area contributed by atoms with Crippen LogP contribution in [0.15, 0.2) is 18.2 Å². The van der Waals surface area contributed by atoms with Gasteiger partial charge >= 0.3 is 0 Å². The predicted octanol–water partition coefficient (Wildman–Crippen LogP) is 3.18. The lowest BCUT2D eigenvalue weighted by Crippen LogP contribution is -2.25. The Morgan fingerprint density at radius 2 is 1.44 bits per heavy atom. The van der Waals surface area contributed by atoms with Crippen LogP contribution < -0.4 is 5.32 Å². The highest BCUT2D eigenvalue weighted by Gasteiger charge is 2.64. The van der Waals surface area contributed by atoms with Crippen molar-refractivity contribution in [2.45, 2.75) is 46.7 Å². The van der Waals surface area contributed by atoms with E-state index in [-0.39, 0.29) is 28.4 Å². The summed E-state index contributed by atoms with van der Waals surface area (Å²) >= 11 is 0. The monoisotopic (exact) mass is 249 g/mol. The highest BCUT2D eigenvalue weighted by molar-refractivity contribution is 5.38. The van der Waals surface area contributed by atoms with Crippen molar-refractivity contribution in [1.29, 1.82) is 0 Å². The van der Waals surface area contributed by atoms with E-state index in [0.29, 0.717) is 6.04 Å². The Morgan fingerprint density at radius 3 is 1.83 bits per heavy atom. The molecular formula is C15H23NO2. The minimum absolute atomic E-state index is 0.105. The van der Waals surface area contributed by atoms with E-state index in [4.69, 9.17) is 0 Å². The van der Waals surface area contributed by atoms with Gasteiger partial charge < -0.3 is 15.5 Å². The SMILES string of the molecule is CC(NC1C(C)(C)C1(C)C)c1cc(O)cc(O)c1. The summed E-state index contributed by atoms with van der Waals surface area (Å²) < 4.78 is 0. The van der Waals surface area contributed by atoms with Crippen LogP contribution in [0.1, 0.15) is 46.2 Å². The predicted molar refractivity (Wildman–Crippen MR) is 72.7 cm³/mol. The van der Waals surface area contributed by atoms with Crippen LogP contribution in [-0.4, -0.2) is 16.3 Å². The Morgan fingerprint density at radius 1 is 1.00 bits per heavy atom. The van der Waals surface area contributed by atoms with Gasteiger partial charge in [-0.15, -0.1) is 0 Å². The molecule has 1 atom stereocenters. The zero-order valence-corrected chi connectivity index (χ0v) is 11.8. The largest absolute Gasteiger partial charge is 0.508 e. The van der Waals surface area contributed by atoms with Gasteiger partial charge in [0.1, 0.15) is 11.5 Å². The molecule has 0 radical (unpaired) electrons. The molecule has 3 N–H and O–H groups in total. The Kier molecular flexibility index (Phi) is 2.85. The Bertz CT molecular complexity index is 431. The molecule has 0 bridgehead atoms. The maximum absolute atomic E-state index is 9.51. The van der Waals surface area contributed by atoms with Gasteiger partial charge in [-0.2, -0.15) is 0 Å². The van der Waals surface area contributed by atoms with E-state index in [9.17, 15) is 10.2 Å². The molecule has 1 saturated carbocycles. The lowest BCUT2D eigenvalue weighted by molar-refractivity contribution is 0.443. The summed E-state index contributed by atoms with van der Waals surface area (Å²) in [7, 11) is 0. The third-order valence-corrected chi connectivity index (χ3v) is 4.86. The van der Waals surface area contributed by atoms with Gasteiger partial charge in [-0.25, -0.2) is 0 Å². The zero-order chi connectivity index (χ0) is 13.7. The van der Waals surface area contributed by atoms with E-state index in [1.807, 2.05) is 0 Å². The fourth-order valence-corrected chi connectivity index (χ4v) is 2.83. The maximum Gasteiger partial charge on any atom is 0.119 e. The maximum atomic E-state index is 9.51. The second-order valence-corrected chi connectivity index (χ2v) is 6.55. The smallest absolute Gasteiger partial charge is 0.119 e. The first kappa shape index (κ1) is 13.2. The number of rotatable bonds is 3. The molecule has 0 aromatic heterocycles. The van der Waals surface area contributed by atoms with Gasteiger partial charge in [0.15, 0.2) is 0 Å². The van der Waals surface area contributed by atoms with Gasteiger partial charge in [-0.1, -0.05) is 27.7 Å². The van der Waals surface area contributed by atoms with E-state index >= 15 is 0 Å². The molecule has 3 heteroatoms. The van der Waals surface area contributed by atoms with Crippen LogP contribution in [-0.2, 0) is 0 Å². The first-order valence-electron chi connectivity index (χ1n) is 6.45. The Hall–Kier alpha value is -1.22. The number of phenolic OH excluding ortho intramolecular Hbond substituents is 2. The molecule has 0 saturated heterocycles. The summed E-state index contributed by atoms with van der Waals surface area (Å²) in [5.74, 6) is 0.209. The van der Waals surface area contributed by atoms with Gasteiger partial charge in [0.05, 0.1) is 0 Å². The Balaban J connectivity index is 2.12. The fourth-order valence-electron chi connectivity index (χ4n) is 2.83. The molecule has 1 aromatic rings. The lowest BCUT2D eigenvalue weighted by atomic mass is 10.0. The third-order valence-electron chi connectivity index (χ3n) is 4.86. The molecule has 1 unspecified atom stereocenters. The van der Waals surface area contributed by atoms with Crippen LogP contribution in [0.5, 0.6) is 11.5 Å². The van der Waals surface area contributed by atoms with Crippen molar-refractivity contribution in [3.05, 3.63) is 23.8 Å². The molecule has 1 aliphatic carbocycles. The third kappa shape index (κ3) is 1.97. The standard InChI is InChI=1S/C15H23NO2/c1-9(10-6-11(17)8-12(18)7-10)16-13-14(2,3)15(13,4)5/h6-9,13,16-18H,1-5H3. The molecule has 0 aliphatic heterocycles. The Labute approximate surface area is 109 Å². The summed E-state index contributed by atoms with van der Waals surface area (Å²) in [5.41, 5.74) is 1.46. The molecule has 1 aromatic carbocycles. The number of aromatic hydroxyl groups is 2. The summed E-state index contributed by atoms with van der Waals surface area (Å²) in [6.07, 6.45) is 0. The van der Waals surface area contributed by atoms with Gasteiger partial charge in [0.25, 0.3) is 0 Å². The fraction of sp³-hybridized carbons (Fsp3) is 0.600. The molecule has 0 heterocycles. The summed E-state index contributed by atoms with van der Waals surface area (Å²) in [6, 6.07) is 5.29.